The van der Waals surface area contributed by atoms with Crippen LogP contribution in [0.4, 0.5) is 0 Å². The number of carboxylic acids is 1. The van der Waals surface area contributed by atoms with E-state index in [-0.39, 0.29) is 11.1 Å². The van der Waals surface area contributed by atoms with Crippen LogP contribution >= 0.6 is 0 Å². The second kappa shape index (κ2) is 4.50. The summed E-state index contributed by atoms with van der Waals surface area (Å²) in [7, 11) is 0. The fourth-order valence-corrected chi connectivity index (χ4v) is 1.98. The molecule has 0 bridgehead atoms. The van der Waals surface area contributed by atoms with Crippen LogP contribution in [-0.2, 0) is 9.53 Å². The van der Waals surface area contributed by atoms with Crippen LogP contribution in [0.25, 0.3) is 0 Å². The van der Waals surface area contributed by atoms with Gasteiger partial charge in [-0.3, -0.25) is 4.79 Å². The summed E-state index contributed by atoms with van der Waals surface area (Å²) in [6, 6.07) is 5.10. The second-order valence-electron chi connectivity index (χ2n) is 5.15. The molecule has 5 nitrogen and oxygen atoms in total. The van der Waals surface area contributed by atoms with Gasteiger partial charge >= 0.3 is 5.97 Å². The lowest BCUT2D eigenvalue weighted by molar-refractivity contribution is -0.131. The number of carbonyl (C=O) groups excluding carboxylic acids is 1. The van der Waals surface area contributed by atoms with Crippen LogP contribution in [0.1, 0.15) is 35.3 Å². The maximum atomic E-state index is 11.8. The topological polar surface area (TPSA) is 76.0 Å². The third kappa shape index (κ3) is 2.50. The first-order chi connectivity index (χ1) is 8.82. The number of hydrogen-bond donors (Lipinski definition) is 1. The van der Waals surface area contributed by atoms with E-state index in [2.05, 4.69) is 4.99 Å². The van der Waals surface area contributed by atoms with Gasteiger partial charge in [-0.05, 0) is 32.4 Å². The molecule has 0 amide bonds. The summed E-state index contributed by atoms with van der Waals surface area (Å²) < 4.78 is 5.48. The van der Waals surface area contributed by atoms with Crippen LogP contribution in [0.15, 0.2) is 23.2 Å². The predicted molar refractivity (Wildman–Crippen MR) is 69.7 cm³/mol. The molecule has 0 saturated carbocycles. The number of carbonyl (C=O) groups is 2. The van der Waals surface area contributed by atoms with Crippen LogP contribution in [-0.4, -0.2) is 34.9 Å². The van der Waals surface area contributed by atoms with Gasteiger partial charge in [0.2, 0.25) is 5.90 Å². The molecule has 2 rings (SSSR count). The molecule has 1 aromatic rings. The maximum absolute atomic E-state index is 11.8. The van der Waals surface area contributed by atoms with Gasteiger partial charge in [-0.15, -0.1) is 0 Å². The number of ketones is 1. The quantitative estimate of drug-likeness (QED) is 0.665. The molecule has 0 saturated heterocycles. The molecule has 1 heterocycles. The fourth-order valence-electron chi connectivity index (χ4n) is 1.98. The highest BCUT2D eigenvalue weighted by atomic mass is 16.5. The van der Waals surface area contributed by atoms with Crippen molar-refractivity contribution in [2.24, 2.45) is 4.99 Å². The number of ether oxygens (including phenoxy) is 1. The van der Waals surface area contributed by atoms with E-state index in [0.29, 0.717) is 23.6 Å². The average molecular weight is 261 g/mol. The number of rotatable bonds is 3. The van der Waals surface area contributed by atoms with Gasteiger partial charge in [-0.2, -0.15) is 0 Å². The van der Waals surface area contributed by atoms with E-state index in [4.69, 9.17) is 9.84 Å². The fraction of sp³-hybridized carbons (Fsp3) is 0.357. The van der Waals surface area contributed by atoms with Gasteiger partial charge in [0.05, 0.1) is 5.54 Å². The van der Waals surface area contributed by atoms with Gasteiger partial charge in [-0.25, -0.2) is 9.79 Å². The first-order valence-electron chi connectivity index (χ1n) is 5.92. The Morgan fingerprint density at radius 2 is 2.05 bits per heavy atom. The van der Waals surface area contributed by atoms with Crippen LogP contribution in [0.2, 0.25) is 0 Å². The smallest absolute Gasteiger partial charge is 0.377 e. The van der Waals surface area contributed by atoms with Gasteiger partial charge < -0.3 is 9.84 Å². The molecule has 0 spiro atoms. The Morgan fingerprint density at radius 1 is 1.37 bits per heavy atom. The summed E-state index contributed by atoms with van der Waals surface area (Å²) in [6.07, 6.45) is 0. The van der Waals surface area contributed by atoms with Gasteiger partial charge in [0.15, 0.2) is 0 Å². The zero-order chi connectivity index (χ0) is 14.2. The third-order valence-electron chi connectivity index (χ3n) is 2.89. The van der Waals surface area contributed by atoms with Crippen molar-refractivity contribution in [1.82, 2.24) is 0 Å². The summed E-state index contributed by atoms with van der Waals surface area (Å²) in [5, 5.41) is 8.90. The third-order valence-corrected chi connectivity index (χ3v) is 2.89. The number of aryl methyl sites for hydroxylation is 1. The summed E-state index contributed by atoms with van der Waals surface area (Å²) in [6.45, 7) is 5.93. The van der Waals surface area contributed by atoms with Gasteiger partial charge in [0, 0.05) is 11.1 Å². The number of carboxylic acid groups (broad SMARTS) is 1. The summed E-state index contributed by atoms with van der Waals surface area (Å²) in [5.41, 5.74) is 0.827. The summed E-state index contributed by atoms with van der Waals surface area (Å²) in [5.74, 6) is -2.09. The zero-order valence-corrected chi connectivity index (χ0v) is 11.1. The van der Waals surface area contributed by atoms with E-state index in [1.165, 1.54) is 0 Å². The number of aliphatic carboxylic acids is 1. The van der Waals surface area contributed by atoms with Crippen molar-refractivity contribution in [3.05, 3.63) is 34.9 Å². The molecule has 0 radical (unpaired) electrons. The standard InChI is InChI=1S/C14H15NO4/c1-8-5-4-6-9(10(8)11(16)13(17)18)12-15-14(2,3)7-19-12/h4-6H,7H2,1-3H3,(H,17,18). The minimum absolute atomic E-state index is 0.145. The van der Waals surface area contributed by atoms with E-state index in [0.717, 1.165) is 0 Å². The molecule has 0 aliphatic carbocycles. The largest absolute Gasteiger partial charge is 0.475 e. The Labute approximate surface area is 110 Å². The zero-order valence-electron chi connectivity index (χ0n) is 11.1. The van der Waals surface area contributed by atoms with E-state index in [1.807, 2.05) is 13.8 Å². The average Bonchev–Trinajstić information content (AvgIpc) is 2.68. The van der Waals surface area contributed by atoms with E-state index < -0.39 is 11.8 Å². The lowest BCUT2D eigenvalue weighted by Crippen LogP contribution is -2.19. The monoisotopic (exact) mass is 261 g/mol. The van der Waals surface area contributed by atoms with Crippen LogP contribution < -0.4 is 0 Å². The molecule has 1 aliphatic rings. The molecule has 5 heteroatoms. The molecule has 0 unspecified atom stereocenters. The lowest BCUT2D eigenvalue weighted by Gasteiger charge is -2.09. The molecule has 0 atom stereocenters. The van der Waals surface area contributed by atoms with E-state index >= 15 is 0 Å². The summed E-state index contributed by atoms with van der Waals surface area (Å²) in [4.78, 5) is 27.1. The highest BCUT2D eigenvalue weighted by molar-refractivity contribution is 6.41. The van der Waals surface area contributed by atoms with Crippen molar-refractivity contribution in [3.8, 4) is 0 Å². The van der Waals surface area contributed by atoms with Crippen molar-refractivity contribution >= 4 is 17.7 Å². The molecule has 100 valence electrons. The Kier molecular flexibility index (Phi) is 3.14. The Hall–Kier alpha value is -2.17. The van der Waals surface area contributed by atoms with Gasteiger partial charge in [0.1, 0.15) is 6.61 Å². The SMILES string of the molecule is Cc1cccc(C2=NC(C)(C)CO2)c1C(=O)C(=O)O. The van der Waals surface area contributed by atoms with Crippen molar-refractivity contribution in [1.29, 1.82) is 0 Å². The highest BCUT2D eigenvalue weighted by Crippen LogP contribution is 2.24. The predicted octanol–water partition coefficient (Wildman–Crippen LogP) is 1.82. The molecule has 0 fully saturated rings. The number of aliphatic imine (C=N–C) groups is 1. The number of hydrogen-bond acceptors (Lipinski definition) is 4. The molecular weight excluding hydrogens is 246 g/mol. The van der Waals surface area contributed by atoms with Crippen LogP contribution in [0.5, 0.6) is 0 Å². The summed E-state index contributed by atoms with van der Waals surface area (Å²) >= 11 is 0. The second-order valence-corrected chi connectivity index (χ2v) is 5.15. The normalized spacial score (nSPS) is 16.7. The molecule has 1 N–H and O–H groups in total. The lowest BCUT2D eigenvalue weighted by atomic mass is 9.98. The Morgan fingerprint density at radius 3 is 2.58 bits per heavy atom. The van der Waals surface area contributed by atoms with Crippen molar-refractivity contribution in [3.63, 3.8) is 0 Å². The number of benzene rings is 1. The van der Waals surface area contributed by atoms with Crippen molar-refractivity contribution in [2.45, 2.75) is 26.3 Å². The minimum atomic E-state index is -1.48. The number of nitrogens with zero attached hydrogens (tertiary/aromatic N) is 1. The molecule has 0 aromatic heterocycles. The first-order valence-corrected chi connectivity index (χ1v) is 5.92. The molecular formula is C14H15NO4. The van der Waals surface area contributed by atoms with E-state index in [1.54, 1.807) is 25.1 Å². The number of Topliss-reactive ketones (excluding diaryl/α,β-unsaturated/α-hetero) is 1. The molecule has 1 aromatic carbocycles. The van der Waals surface area contributed by atoms with E-state index in [9.17, 15) is 9.59 Å². The molecule has 19 heavy (non-hydrogen) atoms. The minimum Gasteiger partial charge on any atom is -0.475 e. The first kappa shape index (κ1) is 13.3. The van der Waals surface area contributed by atoms with Crippen molar-refractivity contribution < 1.29 is 19.4 Å². The van der Waals surface area contributed by atoms with Gasteiger partial charge in [0.25, 0.3) is 5.78 Å². The van der Waals surface area contributed by atoms with Gasteiger partial charge in [-0.1, -0.05) is 12.1 Å². The van der Waals surface area contributed by atoms with Crippen LogP contribution in [0.3, 0.4) is 0 Å². The Bertz CT molecular complexity index is 587. The van der Waals surface area contributed by atoms with Crippen molar-refractivity contribution in [2.75, 3.05) is 6.61 Å². The molecule has 1 aliphatic heterocycles. The highest BCUT2D eigenvalue weighted by Gasteiger charge is 2.31. The Balaban J connectivity index is 2.56. The van der Waals surface area contributed by atoms with Crippen LogP contribution in [0, 0.1) is 6.92 Å². The maximum Gasteiger partial charge on any atom is 0.377 e.